The van der Waals surface area contributed by atoms with Crippen LogP contribution in [0.4, 0.5) is 10.1 Å². The van der Waals surface area contributed by atoms with E-state index in [-0.39, 0.29) is 16.4 Å². The van der Waals surface area contributed by atoms with Gasteiger partial charge >= 0.3 is 0 Å². The Bertz CT molecular complexity index is 499. The fourth-order valence-electron chi connectivity index (χ4n) is 1.57. The molecule has 84 valence electrons. The Kier molecular flexibility index (Phi) is 2.69. The summed E-state index contributed by atoms with van der Waals surface area (Å²) in [6, 6.07) is 2.60. The molecule has 2 rings (SSSR count). The molecule has 0 amide bonds. The smallest absolute Gasteiger partial charge is 0.160 e. The molecule has 0 radical (unpaired) electrons. The van der Waals surface area contributed by atoms with Crippen LogP contribution in [-0.4, -0.2) is 17.1 Å². The van der Waals surface area contributed by atoms with Gasteiger partial charge in [-0.15, -0.1) is 0 Å². The van der Waals surface area contributed by atoms with Gasteiger partial charge in [-0.1, -0.05) is 11.6 Å². The maximum Gasteiger partial charge on any atom is 0.160 e. The lowest BCUT2D eigenvalue weighted by Crippen LogP contribution is -2.28. The highest BCUT2D eigenvalue weighted by molar-refractivity contribution is 6.31. The molecule has 1 heterocycles. The first-order chi connectivity index (χ1) is 7.49. The summed E-state index contributed by atoms with van der Waals surface area (Å²) in [5.74, 6) is -0.814. The van der Waals surface area contributed by atoms with Crippen LogP contribution in [0, 0.1) is 5.82 Å². The number of anilines is 1. The third-order valence-electron chi connectivity index (χ3n) is 2.40. The van der Waals surface area contributed by atoms with Crippen LogP contribution in [0.2, 0.25) is 5.02 Å². The van der Waals surface area contributed by atoms with Crippen molar-refractivity contribution in [3.8, 4) is 0 Å². The van der Waals surface area contributed by atoms with Crippen molar-refractivity contribution in [2.45, 2.75) is 13.2 Å². The number of carbonyl (C=O) groups excluding carboxylic acids is 1. The van der Waals surface area contributed by atoms with Crippen molar-refractivity contribution in [3.63, 3.8) is 0 Å². The molecule has 0 saturated heterocycles. The largest absolute Gasteiger partial charge is 0.369 e. The molecule has 1 aliphatic heterocycles. The minimum atomic E-state index is -1.11. The van der Waals surface area contributed by atoms with E-state index < -0.39 is 12.0 Å². The van der Waals surface area contributed by atoms with Crippen LogP contribution >= 0.6 is 11.6 Å². The minimum Gasteiger partial charge on any atom is -0.369 e. The Morgan fingerprint density at radius 2 is 2.25 bits per heavy atom. The fraction of sp³-hybridized carbons (Fsp3) is 0.182. The fourth-order valence-corrected chi connectivity index (χ4v) is 1.74. The van der Waals surface area contributed by atoms with Crippen molar-refractivity contribution >= 4 is 29.1 Å². The van der Waals surface area contributed by atoms with Crippen molar-refractivity contribution in [1.29, 1.82) is 0 Å². The number of halogens is 2. The Hall–Kier alpha value is -1.39. The number of Topliss-reactive ketones (excluding diaryl/α,β-unsaturated/α-hetero) is 1. The van der Waals surface area contributed by atoms with E-state index in [1.54, 1.807) is 0 Å². The molecule has 5 heteroatoms. The lowest BCUT2D eigenvalue weighted by molar-refractivity contribution is -0.114. The summed E-state index contributed by atoms with van der Waals surface area (Å²) in [5, 5.41) is 12.2. The number of hydrogen-bond acceptors (Lipinski definition) is 3. The minimum absolute atomic E-state index is 0.0175. The van der Waals surface area contributed by atoms with Gasteiger partial charge in [-0.25, -0.2) is 4.39 Å². The number of carbonyl (C=O) groups is 1. The zero-order chi connectivity index (χ0) is 11.9. The summed E-state index contributed by atoms with van der Waals surface area (Å²) in [4.78, 5) is 11.2. The van der Waals surface area contributed by atoms with Crippen molar-refractivity contribution < 1.29 is 14.3 Å². The normalized spacial score (nSPS) is 18.5. The molecule has 0 saturated carbocycles. The third kappa shape index (κ3) is 1.81. The van der Waals surface area contributed by atoms with E-state index in [2.05, 4.69) is 5.32 Å². The van der Waals surface area contributed by atoms with E-state index in [9.17, 15) is 14.3 Å². The number of aliphatic hydroxyl groups excluding tert-OH is 1. The van der Waals surface area contributed by atoms with E-state index >= 15 is 0 Å². The maximum atomic E-state index is 13.1. The molecular weight excluding hydrogens is 233 g/mol. The standard InChI is InChI=1S/C11H9ClFNO2/c1-5(15)7-2-6-3-8(12)9(13)4-10(6)14-11(7)16/h2-4,11,14,16H,1H3. The van der Waals surface area contributed by atoms with Crippen LogP contribution in [0.25, 0.3) is 6.08 Å². The quantitative estimate of drug-likeness (QED) is 0.793. The highest BCUT2D eigenvalue weighted by atomic mass is 35.5. The van der Waals surface area contributed by atoms with Crippen LogP contribution in [0.3, 0.4) is 0 Å². The number of aliphatic hydroxyl groups is 1. The molecule has 1 aromatic rings. The first-order valence-corrected chi connectivity index (χ1v) is 5.03. The van der Waals surface area contributed by atoms with Gasteiger partial charge in [0.05, 0.1) is 5.02 Å². The molecular formula is C11H9ClFNO2. The summed E-state index contributed by atoms with van der Waals surface area (Å²) < 4.78 is 13.1. The van der Waals surface area contributed by atoms with Crippen molar-refractivity contribution in [2.75, 3.05) is 5.32 Å². The Balaban J connectivity index is 2.55. The number of hydrogen-bond donors (Lipinski definition) is 2. The van der Waals surface area contributed by atoms with Gasteiger partial charge in [0.1, 0.15) is 5.82 Å². The Morgan fingerprint density at radius 3 is 2.88 bits per heavy atom. The molecule has 16 heavy (non-hydrogen) atoms. The van der Waals surface area contributed by atoms with Gasteiger partial charge < -0.3 is 10.4 Å². The summed E-state index contributed by atoms with van der Waals surface area (Å²) in [7, 11) is 0. The van der Waals surface area contributed by atoms with Gasteiger partial charge in [-0.3, -0.25) is 4.79 Å². The molecule has 1 aliphatic rings. The Labute approximate surface area is 96.5 Å². The van der Waals surface area contributed by atoms with Crippen molar-refractivity contribution in [2.24, 2.45) is 0 Å². The molecule has 0 bridgehead atoms. The van der Waals surface area contributed by atoms with Gasteiger partial charge in [-0.2, -0.15) is 0 Å². The number of ketones is 1. The first kappa shape index (κ1) is 11.1. The molecule has 1 aromatic carbocycles. The van der Waals surface area contributed by atoms with Gasteiger partial charge in [-0.05, 0) is 30.7 Å². The second-order valence-electron chi connectivity index (χ2n) is 3.56. The predicted molar refractivity (Wildman–Crippen MR) is 59.7 cm³/mol. The van der Waals surface area contributed by atoms with Crippen LogP contribution in [0.5, 0.6) is 0 Å². The van der Waals surface area contributed by atoms with Crippen molar-refractivity contribution in [1.82, 2.24) is 0 Å². The molecule has 0 aliphatic carbocycles. The van der Waals surface area contributed by atoms with Crippen LogP contribution in [0.15, 0.2) is 17.7 Å². The molecule has 3 nitrogen and oxygen atoms in total. The van der Waals surface area contributed by atoms with Gasteiger partial charge in [0, 0.05) is 11.3 Å². The van der Waals surface area contributed by atoms with E-state index in [4.69, 9.17) is 11.6 Å². The lowest BCUT2D eigenvalue weighted by Gasteiger charge is -2.23. The monoisotopic (exact) mass is 241 g/mol. The summed E-state index contributed by atoms with van der Waals surface area (Å²) >= 11 is 5.63. The highest BCUT2D eigenvalue weighted by Crippen LogP contribution is 2.30. The number of fused-ring (bicyclic) bond motifs is 1. The summed E-state index contributed by atoms with van der Waals surface area (Å²) in [6.45, 7) is 1.35. The second kappa shape index (κ2) is 3.88. The maximum absolute atomic E-state index is 13.1. The van der Waals surface area contributed by atoms with Crippen LogP contribution in [-0.2, 0) is 4.79 Å². The highest BCUT2D eigenvalue weighted by Gasteiger charge is 2.22. The van der Waals surface area contributed by atoms with E-state index in [0.29, 0.717) is 11.3 Å². The molecule has 0 spiro atoms. The van der Waals surface area contributed by atoms with Gasteiger partial charge in [0.2, 0.25) is 0 Å². The third-order valence-corrected chi connectivity index (χ3v) is 2.69. The second-order valence-corrected chi connectivity index (χ2v) is 3.96. The van der Waals surface area contributed by atoms with E-state index in [1.165, 1.54) is 25.1 Å². The average molecular weight is 242 g/mol. The van der Waals surface area contributed by atoms with Crippen molar-refractivity contribution in [3.05, 3.63) is 34.1 Å². The SMILES string of the molecule is CC(=O)C1=Cc2cc(Cl)c(F)cc2NC1O. The van der Waals surface area contributed by atoms with E-state index in [0.717, 1.165) is 0 Å². The van der Waals surface area contributed by atoms with Crippen LogP contribution < -0.4 is 5.32 Å². The van der Waals surface area contributed by atoms with Gasteiger partial charge in [0.15, 0.2) is 12.0 Å². The lowest BCUT2D eigenvalue weighted by atomic mass is 10.0. The van der Waals surface area contributed by atoms with Gasteiger partial charge in [0.25, 0.3) is 0 Å². The topological polar surface area (TPSA) is 49.3 Å². The average Bonchev–Trinajstić information content (AvgIpc) is 2.19. The zero-order valence-electron chi connectivity index (χ0n) is 8.42. The first-order valence-electron chi connectivity index (χ1n) is 4.65. The number of benzene rings is 1. The zero-order valence-corrected chi connectivity index (χ0v) is 9.18. The predicted octanol–water partition coefficient (Wildman–Crippen LogP) is 2.20. The van der Waals surface area contributed by atoms with E-state index in [1.807, 2.05) is 0 Å². The molecule has 0 aromatic heterocycles. The molecule has 2 N–H and O–H groups in total. The summed E-state index contributed by atoms with van der Waals surface area (Å²) in [6.07, 6.45) is 0.398. The number of nitrogens with one attached hydrogen (secondary N) is 1. The molecule has 1 unspecified atom stereocenters. The Morgan fingerprint density at radius 1 is 1.56 bits per heavy atom. The number of rotatable bonds is 1. The van der Waals surface area contributed by atoms with Crippen LogP contribution in [0.1, 0.15) is 12.5 Å². The molecule has 1 atom stereocenters. The molecule has 0 fully saturated rings. The summed E-state index contributed by atoms with van der Waals surface area (Å²) in [5.41, 5.74) is 1.23.